The normalized spacial score (nSPS) is 11.2. The van der Waals surface area contributed by atoms with Gasteiger partial charge < -0.3 is 10.1 Å². The van der Waals surface area contributed by atoms with E-state index in [4.69, 9.17) is 14.7 Å². The molecule has 0 aliphatic rings. The third kappa shape index (κ3) is 4.08. The zero-order chi connectivity index (χ0) is 15.2. The summed E-state index contributed by atoms with van der Waals surface area (Å²) in [5.41, 5.74) is 1.30. The van der Waals surface area contributed by atoms with Gasteiger partial charge >= 0.3 is 0 Å². The van der Waals surface area contributed by atoms with E-state index in [0.717, 1.165) is 47.6 Å². The molecule has 0 aromatic carbocycles. The maximum absolute atomic E-state index is 5.07. The number of ether oxygens (including phenoxy) is 1. The first-order valence-electron chi connectivity index (χ1n) is 7.24. The quantitative estimate of drug-likeness (QED) is 0.743. The Kier molecular flexibility index (Phi) is 6.26. The average molecular weight is 326 g/mol. The summed E-state index contributed by atoms with van der Waals surface area (Å²) < 4.78 is 5.07. The van der Waals surface area contributed by atoms with Gasteiger partial charge in [-0.25, -0.2) is 9.97 Å². The van der Waals surface area contributed by atoms with Crippen LogP contribution in [0.15, 0.2) is 0 Å². The van der Waals surface area contributed by atoms with E-state index in [1.54, 1.807) is 18.4 Å². The third-order valence-corrected chi connectivity index (χ3v) is 5.43. The van der Waals surface area contributed by atoms with Gasteiger partial charge in [0.2, 0.25) is 0 Å². The Balaban J connectivity index is 2.17. The Bertz CT molecular complexity index is 598. The lowest BCUT2D eigenvalue weighted by Gasteiger charge is -2.08. The minimum absolute atomic E-state index is 0.818. The van der Waals surface area contributed by atoms with Gasteiger partial charge in [-0.05, 0) is 38.5 Å². The van der Waals surface area contributed by atoms with Crippen molar-refractivity contribution in [3.05, 3.63) is 16.3 Å². The van der Waals surface area contributed by atoms with E-state index in [-0.39, 0.29) is 0 Å². The summed E-state index contributed by atoms with van der Waals surface area (Å²) in [7, 11) is 1.74. The van der Waals surface area contributed by atoms with Crippen LogP contribution in [0.3, 0.4) is 0 Å². The van der Waals surface area contributed by atoms with E-state index >= 15 is 0 Å². The smallest absolute Gasteiger partial charge is 0.142 e. The molecular formula is C15H23N3OS2. The molecule has 0 amide bonds. The topological polar surface area (TPSA) is 47.0 Å². The summed E-state index contributed by atoms with van der Waals surface area (Å²) >= 11 is 3.62. The van der Waals surface area contributed by atoms with Gasteiger partial charge in [0.05, 0.1) is 11.1 Å². The largest absolute Gasteiger partial charge is 0.385 e. The van der Waals surface area contributed by atoms with Crippen LogP contribution in [0.5, 0.6) is 0 Å². The van der Waals surface area contributed by atoms with E-state index in [1.807, 2.05) is 11.8 Å². The molecule has 2 aromatic rings. The molecule has 0 aliphatic carbocycles. The van der Waals surface area contributed by atoms with Crippen molar-refractivity contribution in [1.82, 2.24) is 9.97 Å². The fraction of sp³-hybridized carbons (Fsp3) is 0.600. The number of thiophene rings is 1. The molecule has 6 heteroatoms. The van der Waals surface area contributed by atoms with Crippen molar-refractivity contribution in [1.29, 1.82) is 0 Å². The number of hydrogen-bond donors (Lipinski definition) is 1. The van der Waals surface area contributed by atoms with Crippen molar-refractivity contribution in [3.8, 4) is 0 Å². The summed E-state index contributed by atoms with van der Waals surface area (Å²) in [4.78, 5) is 11.9. The van der Waals surface area contributed by atoms with Gasteiger partial charge in [0.15, 0.2) is 0 Å². The molecule has 1 N–H and O–H groups in total. The van der Waals surface area contributed by atoms with Crippen LogP contribution >= 0.6 is 23.1 Å². The second-order valence-corrected chi connectivity index (χ2v) is 7.19. The number of anilines is 1. The first-order valence-corrected chi connectivity index (χ1v) is 9.21. The Morgan fingerprint density at radius 3 is 2.81 bits per heavy atom. The van der Waals surface area contributed by atoms with Crippen LogP contribution in [0, 0.1) is 13.8 Å². The number of hydrogen-bond acceptors (Lipinski definition) is 6. The summed E-state index contributed by atoms with van der Waals surface area (Å²) in [6.45, 7) is 8.09. The molecule has 0 saturated carbocycles. The SMILES string of the molecule is CCNc1nc(CSCCCOC)nc2sc(C)c(C)c12. The number of nitrogens with one attached hydrogen (secondary N) is 1. The Hall–Kier alpha value is -0.850. The molecule has 21 heavy (non-hydrogen) atoms. The number of rotatable bonds is 8. The minimum Gasteiger partial charge on any atom is -0.385 e. The molecule has 0 aliphatic heterocycles. The fourth-order valence-electron chi connectivity index (χ4n) is 2.12. The Morgan fingerprint density at radius 2 is 2.10 bits per heavy atom. The van der Waals surface area contributed by atoms with Crippen LogP contribution in [0.2, 0.25) is 0 Å². The fourth-order valence-corrected chi connectivity index (χ4v) is 3.95. The molecule has 0 saturated heterocycles. The molecule has 4 nitrogen and oxygen atoms in total. The number of aromatic nitrogens is 2. The van der Waals surface area contributed by atoms with E-state index < -0.39 is 0 Å². The number of fused-ring (bicyclic) bond motifs is 1. The highest BCUT2D eigenvalue weighted by atomic mass is 32.2. The van der Waals surface area contributed by atoms with Crippen LogP contribution in [0.4, 0.5) is 5.82 Å². The van der Waals surface area contributed by atoms with E-state index in [9.17, 15) is 0 Å². The van der Waals surface area contributed by atoms with Gasteiger partial charge in [-0.15, -0.1) is 11.3 Å². The lowest BCUT2D eigenvalue weighted by Crippen LogP contribution is -2.04. The lowest BCUT2D eigenvalue weighted by molar-refractivity contribution is 0.200. The third-order valence-electron chi connectivity index (χ3n) is 3.29. The highest BCUT2D eigenvalue weighted by Crippen LogP contribution is 2.33. The molecular weight excluding hydrogens is 302 g/mol. The first-order chi connectivity index (χ1) is 10.2. The molecule has 0 unspecified atom stereocenters. The van der Waals surface area contributed by atoms with E-state index in [2.05, 4.69) is 26.1 Å². The first kappa shape index (κ1) is 16.5. The molecule has 2 aromatic heterocycles. The van der Waals surface area contributed by atoms with Gasteiger partial charge in [-0.3, -0.25) is 0 Å². The molecule has 2 heterocycles. The van der Waals surface area contributed by atoms with E-state index in [1.165, 1.54) is 15.8 Å². The Labute approximate surface area is 134 Å². The monoisotopic (exact) mass is 325 g/mol. The summed E-state index contributed by atoms with van der Waals surface area (Å²) in [6.07, 6.45) is 1.07. The van der Waals surface area contributed by atoms with Gasteiger partial charge in [0.1, 0.15) is 16.5 Å². The second kappa shape index (κ2) is 7.96. The van der Waals surface area contributed by atoms with Gasteiger partial charge in [-0.1, -0.05) is 0 Å². The lowest BCUT2D eigenvalue weighted by atomic mass is 10.2. The van der Waals surface area contributed by atoms with Gasteiger partial charge in [0.25, 0.3) is 0 Å². The van der Waals surface area contributed by atoms with Crippen LogP contribution < -0.4 is 5.32 Å². The summed E-state index contributed by atoms with van der Waals surface area (Å²) in [6, 6.07) is 0. The maximum atomic E-state index is 5.07. The standard InChI is InChI=1S/C15H23N3OS2/c1-5-16-14-13-10(2)11(3)21-15(13)18-12(17-14)9-20-8-6-7-19-4/h5-9H2,1-4H3,(H,16,17,18). The number of nitrogens with zero attached hydrogens (tertiary/aromatic N) is 2. The maximum Gasteiger partial charge on any atom is 0.142 e. The molecule has 0 radical (unpaired) electrons. The van der Waals surface area contributed by atoms with E-state index in [0.29, 0.717) is 0 Å². The molecule has 2 rings (SSSR count). The number of methoxy groups -OCH3 is 1. The second-order valence-electron chi connectivity index (χ2n) is 4.88. The van der Waals surface area contributed by atoms with Crippen LogP contribution in [-0.4, -0.2) is 36.0 Å². The zero-order valence-electron chi connectivity index (χ0n) is 13.2. The summed E-state index contributed by atoms with van der Waals surface area (Å²) in [5, 5.41) is 4.57. The van der Waals surface area contributed by atoms with Gasteiger partial charge in [-0.2, -0.15) is 11.8 Å². The van der Waals surface area contributed by atoms with Crippen molar-refractivity contribution in [2.45, 2.75) is 32.9 Å². The van der Waals surface area contributed by atoms with Crippen LogP contribution in [-0.2, 0) is 10.5 Å². The number of aryl methyl sites for hydroxylation is 2. The van der Waals surface area contributed by atoms with Crippen molar-refractivity contribution < 1.29 is 4.74 Å². The Morgan fingerprint density at radius 1 is 1.29 bits per heavy atom. The number of thioether (sulfide) groups is 1. The predicted octanol–water partition coefficient (Wildman–Crippen LogP) is 4.01. The van der Waals surface area contributed by atoms with Crippen molar-refractivity contribution in [2.24, 2.45) is 0 Å². The molecule has 0 spiro atoms. The highest BCUT2D eigenvalue weighted by Gasteiger charge is 2.14. The van der Waals surface area contributed by atoms with Crippen LogP contribution in [0.1, 0.15) is 29.6 Å². The molecule has 0 fully saturated rings. The van der Waals surface area contributed by atoms with Crippen molar-refractivity contribution in [2.75, 3.05) is 31.3 Å². The molecule has 116 valence electrons. The average Bonchev–Trinajstić information content (AvgIpc) is 2.74. The van der Waals surface area contributed by atoms with Crippen LogP contribution in [0.25, 0.3) is 10.2 Å². The zero-order valence-corrected chi connectivity index (χ0v) is 14.8. The summed E-state index contributed by atoms with van der Waals surface area (Å²) in [5.74, 6) is 3.83. The molecule has 0 bridgehead atoms. The van der Waals surface area contributed by atoms with Crippen molar-refractivity contribution in [3.63, 3.8) is 0 Å². The van der Waals surface area contributed by atoms with Gasteiger partial charge in [0, 0.05) is 25.1 Å². The van der Waals surface area contributed by atoms with Crippen molar-refractivity contribution >= 4 is 39.1 Å². The molecule has 0 atom stereocenters. The minimum atomic E-state index is 0.818. The highest BCUT2D eigenvalue weighted by molar-refractivity contribution is 7.98. The predicted molar refractivity (Wildman–Crippen MR) is 93.7 cm³/mol.